The molecular weight excluding hydrogens is 1280 g/mol. The molecule has 6 aromatic carbocycles. The average molecular weight is 1360 g/mol. The number of ether oxygens (including phenoxy) is 3. The molecule has 0 saturated heterocycles. The van der Waals surface area contributed by atoms with Crippen LogP contribution in [0.25, 0.3) is 32.7 Å². The van der Waals surface area contributed by atoms with Crippen molar-refractivity contribution in [2.75, 3.05) is 55.1 Å². The Morgan fingerprint density at radius 1 is 0.442 bits per heavy atom. The number of carbonyl (C=O) groups is 6. The third-order valence-corrected chi connectivity index (χ3v) is 14.6. The summed E-state index contributed by atoms with van der Waals surface area (Å²) in [6.45, 7) is 18.9. The minimum atomic E-state index is -0.773. The summed E-state index contributed by atoms with van der Waals surface area (Å²) < 4.78 is 13.8. The molecule has 21 nitrogen and oxygen atoms in total. The number of para-hydroxylation sites is 3. The van der Waals surface area contributed by atoms with Crippen LogP contribution in [0.15, 0.2) is 179 Å². The molecule has 0 fully saturated rings. The first kappa shape index (κ1) is 77.6. The molecule has 24 heteroatoms. The number of amides is 5. The summed E-state index contributed by atoms with van der Waals surface area (Å²) in [5.41, 5.74) is 9.83. The minimum Gasteiger partial charge on any atom is -0.457 e. The highest BCUT2D eigenvalue weighted by molar-refractivity contribution is 6.61. The third kappa shape index (κ3) is 22.7. The monoisotopic (exact) mass is 1360 g/mol. The van der Waals surface area contributed by atoms with Crippen molar-refractivity contribution in [3.63, 3.8) is 0 Å². The third-order valence-electron chi connectivity index (χ3n) is 14.5. The van der Waals surface area contributed by atoms with E-state index in [9.17, 15) is 43.2 Å². The van der Waals surface area contributed by atoms with E-state index >= 15 is 0 Å². The van der Waals surface area contributed by atoms with E-state index in [4.69, 9.17) is 33.7 Å². The molecule has 9 aromatic rings. The van der Waals surface area contributed by atoms with Crippen LogP contribution in [-0.2, 0) is 30.5 Å². The molecule has 0 aliphatic rings. The van der Waals surface area contributed by atoms with Crippen molar-refractivity contribution in [2.24, 2.45) is 5.73 Å². The average Bonchev–Trinajstić information content (AvgIpc) is 0.822. The SMILES string of the molecule is C.CC(C)(C)OC(=O)NCC(C)(C)c1ccc(NC(=O)c2c[nH]c3ccccc3c2=O)cc1.CC(C)(CN)c1ccc(NC(=O)c2c[nH]c3ccccc3c2=O)cc1.COC(=O)Cl.COC(=O)NCC(C)(C)c1ccc(NC(=O)c2c[nH]c3ccccc3c2=O)cc1.ClCCl. The van der Waals surface area contributed by atoms with Gasteiger partial charge >= 0.3 is 17.6 Å². The number of benzene rings is 6. The number of anilines is 3. The van der Waals surface area contributed by atoms with E-state index in [0.29, 0.717) is 69.4 Å². The molecule has 0 aliphatic carbocycles. The van der Waals surface area contributed by atoms with E-state index in [2.05, 4.69) is 76.5 Å². The number of nitrogens with one attached hydrogen (secondary N) is 8. The number of nitrogens with two attached hydrogens (primary N) is 1. The van der Waals surface area contributed by atoms with Crippen LogP contribution < -0.4 is 48.6 Å². The fourth-order valence-corrected chi connectivity index (χ4v) is 8.91. The fraction of sp³-hybridized carbons (Fsp3) is 0.282. The Hall–Kier alpha value is -9.80. The summed E-state index contributed by atoms with van der Waals surface area (Å²) in [6, 6.07) is 43.3. The quantitative estimate of drug-likeness (QED) is 0.0278. The van der Waals surface area contributed by atoms with Gasteiger partial charge in [-0.15, -0.1) is 23.2 Å². The van der Waals surface area contributed by atoms with Crippen LogP contribution in [0.4, 0.5) is 31.4 Å². The number of pyridine rings is 3. The Morgan fingerprint density at radius 3 is 0.979 bits per heavy atom. The molecule has 0 aliphatic heterocycles. The van der Waals surface area contributed by atoms with Gasteiger partial charge in [0.05, 0.1) is 19.6 Å². The van der Waals surface area contributed by atoms with Crippen molar-refractivity contribution in [3.8, 4) is 0 Å². The summed E-state index contributed by atoms with van der Waals surface area (Å²) in [5, 5.41) is 15.4. The lowest BCUT2D eigenvalue weighted by Gasteiger charge is -2.27. The highest BCUT2D eigenvalue weighted by Crippen LogP contribution is 2.27. The normalized spacial score (nSPS) is 10.9. The van der Waals surface area contributed by atoms with Crippen LogP contribution in [0.2, 0.25) is 0 Å². The highest BCUT2D eigenvalue weighted by Gasteiger charge is 2.26. The Morgan fingerprint density at radius 2 is 0.716 bits per heavy atom. The second-order valence-electron chi connectivity index (χ2n) is 23.9. The number of hydrogen-bond acceptors (Lipinski definition) is 13. The van der Waals surface area contributed by atoms with E-state index < -0.39 is 40.9 Å². The lowest BCUT2D eigenvalue weighted by molar-refractivity contribution is 0.0516. The van der Waals surface area contributed by atoms with Gasteiger partial charge < -0.3 is 61.5 Å². The van der Waals surface area contributed by atoms with Gasteiger partial charge in [-0.05, 0) is 110 Å². The van der Waals surface area contributed by atoms with Gasteiger partial charge in [-0.2, -0.15) is 0 Å². The van der Waals surface area contributed by atoms with Crippen molar-refractivity contribution in [2.45, 2.75) is 91.6 Å². The number of rotatable bonds is 14. The van der Waals surface area contributed by atoms with E-state index in [-0.39, 0.29) is 62.0 Å². The Bertz CT molecular complexity index is 4280. The molecule has 0 bridgehead atoms. The molecule has 3 aromatic heterocycles. The zero-order chi connectivity index (χ0) is 69.6. The molecule has 9 rings (SSSR count). The Kier molecular flexibility index (Phi) is 29.0. The number of alkyl halides is 2. The molecule has 3 heterocycles. The maximum Gasteiger partial charge on any atom is 0.407 e. The van der Waals surface area contributed by atoms with Gasteiger partial charge in [0.1, 0.15) is 22.3 Å². The Balaban J connectivity index is 0.000000286. The van der Waals surface area contributed by atoms with E-state index in [1.54, 1.807) is 78.9 Å². The fourth-order valence-electron chi connectivity index (χ4n) is 8.91. The standard InChI is InChI=1S/C25H29N3O4.C22H23N3O4.C20H21N3O2.C2H3ClO2.CH2Cl2.CH4/c1-24(2,3)32-23(31)27-15-25(4,5)16-10-12-17(13-11-16)28-22(30)19-14-26-20-9-7-6-8-18(20)21(19)29;1-22(2,13-24-21(28)29-3)14-8-10-15(11-9-14)25-20(27)17-12-23-18-7-5-4-6-16(18)19(17)26;1-20(2,12-21)13-7-9-14(10-8-13)23-19(25)16-11-22-17-6-4-3-5-15(17)18(16)24;1-5-2(3)4;2-1-3;/h6-14H,15H2,1-5H3,(H,26,29)(H,27,31)(H,28,30);4-12H,13H2,1-3H3,(H,23,26)(H,24,28)(H,25,27);3-11H,12,21H2,1-2H3,(H,22,24)(H,23,25);1H3;1H2;1H4. The first-order valence-electron chi connectivity index (χ1n) is 29.3. The first-order chi connectivity index (χ1) is 44.4. The number of aromatic amines is 3. The zero-order valence-corrected chi connectivity index (χ0v) is 56.3. The number of fused-ring (bicyclic) bond motifs is 3. The second kappa shape index (κ2) is 35.5. The molecule has 0 atom stereocenters. The van der Waals surface area contributed by atoms with Crippen molar-refractivity contribution < 1.29 is 43.0 Å². The van der Waals surface area contributed by atoms with Gasteiger partial charge in [-0.1, -0.05) is 122 Å². The predicted molar refractivity (Wildman–Crippen MR) is 381 cm³/mol. The summed E-state index contributed by atoms with van der Waals surface area (Å²) in [4.78, 5) is 117. The molecular formula is C71H82Cl3N9O12. The summed E-state index contributed by atoms with van der Waals surface area (Å²) in [7, 11) is 2.54. The van der Waals surface area contributed by atoms with Crippen LogP contribution in [0.3, 0.4) is 0 Å². The molecule has 5 amide bonds. The molecule has 0 unspecified atom stereocenters. The maximum absolute atomic E-state index is 12.7. The molecule has 0 spiro atoms. The highest BCUT2D eigenvalue weighted by atomic mass is 35.5. The number of H-pyrrole nitrogens is 3. The molecule has 504 valence electrons. The second-order valence-corrected chi connectivity index (χ2v) is 25.0. The van der Waals surface area contributed by atoms with Crippen molar-refractivity contribution in [1.29, 1.82) is 0 Å². The van der Waals surface area contributed by atoms with Crippen LogP contribution in [0.1, 0.15) is 118 Å². The molecule has 10 N–H and O–H groups in total. The maximum atomic E-state index is 12.7. The lowest BCUT2D eigenvalue weighted by atomic mass is 9.84. The van der Waals surface area contributed by atoms with Crippen LogP contribution in [0, 0.1) is 0 Å². The van der Waals surface area contributed by atoms with Gasteiger partial charge in [0, 0.05) is 116 Å². The van der Waals surface area contributed by atoms with E-state index in [1.165, 1.54) is 32.8 Å². The number of carbonyl (C=O) groups excluding carboxylic acids is 6. The van der Waals surface area contributed by atoms with Gasteiger partial charge in [-0.3, -0.25) is 28.8 Å². The zero-order valence-electron chi connectivity index (χ0n) is 54.0. The lowest BCUT2D eigenvalue weighted by Crippen LogP contribution is -2.39. The number of alkyl carbamates (subject to hydrolysis) is 2. The molecule has 0 radical (unpaired) electrons. The minimum absolute atomic E-state index is 0. The van der Waals surface area contributed by atoms with Crippen molar-refractivity contribution in [1.82, 2.24) is 25.6 Å². The topological polar surface area (TPSA) is 315 Å². The number of halogens is 3. The van der Waals surface area contributed by atoms with E-state index in [1.807, 2.05) is 115 Å². The van der Waals surface area contributed by atoms with Crippen molar-refractivity contribution >= 4 is 120 Å². The van der Waals surface area contributed by atoms with E-state index in [0.717, 1.165) is 16.7 Å². The number of aromatic nitrogens is 3. The largest absolute Gasteiger partial charge is 0.457 e. The van der Waals surface area contributed by atoms with Crippen LogP contribution in [0.5, 0.6) is 0 Å². The summed E-state index contributed by atoms with van der Waals surface area (Å²) in [6.07, 6.45) is 3.36. The molecule has 95 heavy (non-hydrogen) atoms. The smallest absolute Gasteiger partial charge is 0.407 e. The molecule has 0 saturated carbocycles. The number of methoxy groups -OCH3 is 2. The predicted octanol–water partition coefficient (Wildman–Crippen LogP) is 14.1. The number of hydrogen-bond donors (Lipinski definition) is 9. The van der Waals surface area contributed by atoms with Gasteiger partial charge in [0.2, 0.25) is 16.3 Å². The van der Waals surface area contributed by atoms with Crippen molar-refractivity contribution in [3.05, 3.63) is 228 Å². The summed E-state index contributed by atoms with van der Waals surface area (Å²) in [5.74, 6) is -1.38. The van der Waals surface area contributed by atoms with Crippen LogP contribution in [-0.4, -0.2) is 95.1 Å². The first-order valence-corrected chi connectivity index (χ1v) is 30.7. The summed E-state index contributed by atoms with van der Waals surface area (Å²) >= 11 is 14.1. The van der Waals surface area contributed by atoms with Crippen LogP contribution >= 0.6 is 34.8 Å². The van der Waals surface area contributed by atoms with Gasteiger partial charge in [-0.25, -0.2) is 14.4 Å². The van der Waals surface area contributed by atoms with Gasteiger partial charge in [0.25, 0.3) is 17.7 Å². The van der Waals surface area contributed by atoms with Gasteiger partial charge in [0.15, 0.2) is 0 Å². The Labute approximate surface area is 566 Å².